The summed E-state index contributed by atoms with van der Waals surface area (Å²) in [4.78, 5) is 4.72. The molecule has 2 heterocycles. The minimum Gasteiger partial charge on any atom is -0.493 e. The van der Waals surface area contributed by atoms with Crippen molar-refractivity contribution in [1.29, 1.82) is 0 Å². The number of nitrogens with one attached hydrogen (secondary N) is 1. The summed E-state index contributed by atoms with van der Waals surface area (Å²) in [7, 11) is 1.62. The van der Waals surface area contributed by atoms with Gasteiger partial charge in [0.15, 0.2) is 17.1 Å². The topological polar surface area (TPSA) is 86.5 Å². The molecule has 5 rings (SSSR count). The molecular weight excluding hydrogens is 452 g/mol. The predicted molar refractivity (Wildman–Crippen MR) is 143 cm³/mol. The van der Waals surface area contributed by atoms with Gasteiger partial charge in [-0.15, -0.1) is 10.2 Å². The summed E-state index contributed by atoms with van der Waals surface area (Å²) >= 11 is 0. The molecule has 36 heavy (non-hydrogen) atoms. The van der Waals surface area contributed by atoms with Gasteiger partial charge in [0.25, 0.3) is 5.95 Å². The van der Waals surface area contributed by atoms with Crippen LogP contribution in [0, 0.1) is 0 Å². The maximum atomic E-state index is 5.93. The number of hydrazone groups is 1. The molecule has 0 fully saturated rings. The predicted octanol–water partition coefficient (Wildman–Crippen LogP) is 5.81. The van der Waals surface area contributed by atoms with Crippen molar-refractivity contribution in [3.8, 4) is 11.5 Å². The van der Waals surface area contributed by atoms with Crippen LogP contribution in [0.15, 0.2) is 77.9 Å². The van der Waals surface area contributed by atoms with Crippen molar-refractivity contribution in [1.82, 2.24) is 19.7 Å². The number of aromatic nitrogens is 4. The van der Waals surface area contributed by atoms with Gasteiger partial charge in [0.05, 0.1) is 18.8 Å². The molecule has 0 saturated heterocycles. The second-order valence-electron chi connectivity index (χ2n) is 8.38. The van der Waals surface area contributed by atoms with Gasteiger partial charge in [-0.3, -0.25) is 0 Å². The first kappa shape index (κ1) is 23.3. The molecule has 2 aromatic heterocycles. The van der Waals surface area contributed by atoms with Crippen molar-refractivity contribution in [2.45, 2.75) is 32.9 Å². The minimum atomic E-state index is 0.342. The number of rotatable bonds is 10. The van der Waals surface area contributed by atoms with Crippen LogP contribution in [0.1, 0.15) is 30.9 Å². The molecule has 8 heteroatoms. The van der Waals surface area contributed by atoms with Crippen LogP contribution in [0.5, 0.6) is 11.5 Å². The van der Waals surface area contributed by atoms with Crippen molar-refractivity contribution in [3.05, 3.63) is 83.9 Å². The normalized spacial score (nSPS) is 11.4. The standard InChI is InChI=1S/C28H28N6O2/c1-3-4-16-34-23-13-9-8-12-22(23)26-27(34)30-28(33-31-26)32-29-18-21-14-15-24(25(17-21)35-2)36-19-20-10-6-5-7-11-20/h5-15,17-18H,3-4,16,19H2,1-2H3,(H,30,32,33)/b29-18+. The fraction of sp³-hybridized carbons (Fsp3) is 0.214. The van der Waals surface area contributed by atoms with E-state index in [0.717, 1.165) is 52.6 Å². The first-order chi connectivity index (χ1) is 17.8. The van der Waals surface area contributed by atoms with E-state index in [4.69, 9.17) is 14.5 Å². The van der Waals surface area contributed by atoms with Crippen LogP contribution in [0.3, 0.4) is 0 Å². The largest absolute Gasteiger partial charge is 0.493 e. The van der Waals surface area contributed by atoms with Gasteiger partial charge < -0.3 is 14.0 Å². The number of para-hydroxylation sites is 1. The van der Waals surface area contributed by atoms with Crippen LogP contribution in [-0.2, 0) is 13.2 Å². The summed E-state index contributed by atoms with van der Waals surface area (Å²) in [6.07, 6.45) is 3.84. The summed E-state index contributed by atoms with van der Waals surface area (Å²) in [6, 6.07) is 23.9. The van der Waals surface area contributed by atoms with Gasteiger partial charge in [0, 0.05) is 11.9 Å². The lowest BCUT2D eigenvalue weighted by Crippen LogP contribution is -2.03. The van der Waals surface area contributed by atoms with E-state index in [1.54, 1.807) is 13.3 Å². The molecule has 0 radical (unpaired) electrons. The Labute approximate surface area is 209 Å². The number of anilines is 1. The van der Waals surface area contributed by atoms with Gasteiger partial charge >= 0.3 is 0 Å². The molecule has 3 aromatic carbocycles. The monoisotopic (exact) mass is 480 g/mol. The quantitative estimate of drug-likeness (QED) is 0.200. The first-order valence-electron chi connectivity index (χ1n) is 12.0. The number of nitrogens with zero attached hydrogens (tertiary/aromatic N) is 5. The van der Waals surface area contributed by atoms with Crippen molar-refractivity contribution in [2.24, 2.45) is 5.10 Å². The highest BCUT2D eigenvalue weighted by Crippen LogP contribution is 2.29. The third-order valence-corrected chi connectivity index (χ3v) is 5.91. The molecular formula is C28H28N6O2. The van der Waals surface area contributed by atoms with Gasteiger partial charge in [-0.1, -0.05) is 61.9 Å². The van der Waals surface area contributed by atoms with Crippen LogP contribution in [0.25, 0.3) is 22.1 Å². The molecule has 0 spiro atoms. The van der Waals surface area contributed by atoms with Crippen molar-refractivity contribution < 1.29 is 9.47 Å². The maximum Gasteiger partial charge on any atom is 0.265 e. The Morgan fingerprint density at radius 3 is 2.64 bits per heavy atom. The maximum absolute atomic E-state index is 5.93. The number of hydrogen-bond acceptors (Lipinski definition) is 7. The highest BCUT2D eigenvalue weighted by Gasteiger charge is 2.14. The Hall–Kier alpha value is -4.46. The first-order valence-corrected chi connectivity index (χ1v) is 12.0. The zero-order valence-corrected chi connectivity index (χ0v) is 20.4. The van der Waals surface area contributed by atoms with E-state index >= 15 is 0 Å². The summed E-state index contributed by atoms with van der Waals surface area (Å²) < 4.78 is 13.7. The van der Waals surface area contributed by atoms with E-state index in [0.29, 0.717) is 24.1 Å². The van der Waals surface area contributed by atoms with E-state index in [2.05, 4.69) is 44.3 Å². The molecule has 0 aliphatic carbocycles. The van der Waals surface area contributed by atoms with Crippen LogP contribution in [0.4, 0.5) is 5.95 Å². The fourth-order valence-corrected chi connectivity index (χ4v) is 4.08. The highest BCUT2D eigenvalue weighted by atomic mass is 16.5. The van der Waals surface area contributed by atoms with E-state index in [1.807, 2.05) is 60.7 Å². The zero-order chi connectivity index (χ0) is 24.7. The molecule has 0 saturated carbocycles. The second kappa shape index (κ2) is 10.9. The summed E-state index contributed by atoms with van der Waals surface area (Å²) in [5, 5.41) is 14.1. The number of fused-ring (bicyclic) bond motifs is 3. The van der Waals surface area contributed by atoms with E-state index in [1.165, 1.54) is 0 Å². The Bertz CT molecular complexity index is 1500. The van der Waals surface area contributed by atoms with Gasteiger partial charge in [0.2, 0.25) is 0 Å². The lowest BCUT2D eigenvalue weighted by atomic mass is 10.2. The Kier molecular flexibility index (Phi) is 7.02. The number of aryl methyl sites for hydroxylation is 1. The molecule has 182 valence electrons. The smallest absolute Gasteiger partial charge is 0.265 e. The van der Waals surface area contributed by atoms with E-state index < -0.39 is 0 Å². The van der Waals surface area contributed by atoms with Crippen LogP contribution in [-0.4, -0.2) is 33.1 Å². The van der Waals surface area contributed by atoms with Crippen LogP contribution >= 0.6 is 0 Å². The molecule has 0 unspecified atom stereocenters. The SMILES string of the molecule is CCCCn1c2ccccc2c2nnc(N/N=C/c3ccc(OCc4ccccc4)c(OC)c3)nc21. The van der Waals surface area contributed by atoms with Crippen molar-refractivity contribution in [3.63, 3.8) is 0 Å². The molecule has 0 amide bonds. The van der Waals surface area contributed by atoms with Crippen LogP contribution in [0.2, 0.25) is 0 Å². The summed E-state index contributed by atoms with van der Waals surface area (Å²) in [5.74, 6) is 1.65. The number of hydrogen-bond donors (Lipinski definition) is 1. The number of ether oxygens (including phenoxy) is 2. The third-order valence-electron chi connectivity index (χ3n) is 5.91. The average Bonchev–Trinajstić information content (AvgIpc) is 3.24. The molecule has 0 atom stereocenters. The highest BCUT2D eigenvalue weighted by molar-refractivity contribution is 6.04. The van der Waals surface area contributed by atoms with Gasteiger partial charge in [-0.05, 0) is 41.8 Å². The fourth-order valence-electron chi connectivity index (χ4n) is 4.08. The van der Waals surface area contributed by atoms with Crippen molar-refractivity contribution >= 4 is 34.2 Å². The van der Waals surface area contributed by atoms with E-state index in [9.17, 15) is 0 Å². The van der Waals surface area contributed by atoms with Gasteiger partial charge in [0.1, 0.15) is 12.1 Å². The summed E-state index contributed by atoms with van der Waals surface area (Å²) in [5.41, 5.74) is 7.57. The van der Waals surface area contributed by atoms with Gasteiger partial charge in [-0.25, -0.2) is 5.43 Å². The number of unbranched alkanes of at least 4 members (excludes halogenated alkanes) is 1. The Balaban J connectivity index is 1.32. The Morgan fingerprint density at radius 2 is 1.81 bits per heavy atom. The molecule has 8 nitrogen and oxygen atoms in total. The number of methoxy groups -OCH3 is 1. The lowest BCUT2D eigenvalue weighted by Gasteiger charge is -2.11. The summed E-state index contributed by atoms with van der Waals surface area (Å²) in [6.45, 7) is 3.52. The van der Waals surface area contributed by atoms with E-state index in [-0.39, 0.29) is 0 Å². The average molecular weight is 481 g/mol. The molecule has 0 bridgehead atoms. The van der Waals surface area contributed by atoms with Crippen LogP contribution < -0.4 is 14.9 Å². The second-order valence-corrected chi connectivity index (χ2v) is 8.38. The molecule has 0 aliphatic heterocycles. The minimum absolute atomic E-state index is 0.342. The molecule has 5 aromatic rings. The molecule has 0 aliphatic rings. The number of benzene rings is 3. The van der Waals surface area contributed by atoms with Crippen molar-refractivity contribution in [2.75, 3.05) is 12.5 Å². The third kappa shape index (κ3) is 4.98. The Morgan fingerprint density at radius 1 is 0.972 bits per heavy atom. The zero-order valence-electron chi connectivity index (χ0n) is 20.4. The lowest BCUT2D eigenvalue weighted by molar-refractivity contribution is 0.284. The van der Waals surface area contributed by atoms with Gasteiger partial charge in [-0.2, -0.15) is 10.1 Å². The molecule has 1 N–H and O–H groups in total.